The average Bonchev–Trinajstić information content (AvgIpc) is 2.74. The molecule has 0 aliphatic rings. The zero-order valence-corrected chi connectivity index (χ0v) is 18.2. The number of unbranched alkanes of at least 4 members (excludes halogenated alkanes) is 1. The van der Waals surface area contributed by atoms with Crippen molar-refractivity contribution in [1.82, 2.24) is 0 Å². The summed E-state index contributed by atoms with van der Waals surface area (Å²) >= 11 is 0. The van der Waals surface area contributed by atoms with Crippen molar-refractivity contribution in [3.8, 4) is 11.5 Å². The largest absolute Gasteiger partial charge is 0.490 e. The summed E-state index contributed by atoms with van der Waals surface area (Å²) in [5.41, 5.74) is 3.08. The van der Waals surface area contributed by atoms with Crippen molar-refractivity contribution in [1.29, 1.82) is 0 Å². The number of para-hydroxylation sites is 1. The summed E-state index contributed by atoms with van der Waals surface area (Å²) in [7, 11) is 0. The molecule has 0 saturated heterocycles. The van der Waals surface area contributed by atoms with E-state index in [2.05, 4.69) is 12.2 Å². The summed E-state index contributed by atoms with van der Waals surface area (Å²) in [6, 6.07) is 10.7. The van der Waals surface area contributed by atoms with E-state index in [0.717, 1.165) is 36.1 Å². The van der Waals surface area contributed by atoms with Crippen LogP contribution in [0.3, 0.4) is 0 Å². The van der Waals surface area contributed by atoms with Crippen LogP contribution in [0.4, 0.5) is 5.69 Å². The first-order valence-corrected chi connectivity index (χ1v) is 10.4. The molecule has 0 aromatic heterocycles. The summed E-state index contributed by atoms with van der Waals surface area (Å²) in [5, 5.41) is 2.85. The van der Waals surface area contributed by atoms with Gasteiger partial charge in [0, 0.05) is 5.69 Å². The van der Waals surface area contributed by atoms with Gasteiger partial charge >= 0.3 is 5.97 Å². The number of anilines is 1. The van der Waals surface area contributed by atoms with Crippen LogP contribution in [-0.4, -0.2) is 31.7 Å². The Morgan fingerprint density at radius 2 is 1.80 bits per heavy atom. The highest BCUT2D eigenvalue weighted by molar-refractivity contribution is 5.96. The lowest BCUT2D eigenvalue weighted by Gasteiger charge is -2.14. The van der Waals surface area contributed by atoms with Crippen LogP contribution in [0.1, 0.15) is 55.1 Å². The lowest BCUT2D eigenvalue weighted by atomic mass is 10.1. The molecular formula is C24H31NO5. The number of esters is 1. The van der Waals surface area contributed by atoms with E-state index < -0.39 is 5.97 Å². The molecule has 0 fully saturated rings. The maximum absolute atomic E-state index is 12.4. The Kier molecular flexibility index (Phi) is 9.19. The Labute approximate surface area is 178 Å². The third kappa shape index (κ3) is 6.51. The molecule has 0 bridgehead atoms. The minimum absolute atomic E-state index is 0.305. The van der Waals surface area contributed by atoms with Gasteiger partial charge in [-0.25, -0.2) is 4.79 Å². The van der Waals surface area contributed by atoms with E-state index in [0.29, 0.717) is 30.3 Å². The van der Waals surface area contributed by atoms with Crippen LogP contribution in [0, 0.1) is 6.92 Å². The van der Waals surface area contributed by atoms with Gasteiger partial charge in [-0.2, -0.15) is 0 Å². The number of carbonyl (C=O) groups excluding carboxylic acids is 2. The molecule has 1 amide bonds. The van der Waals surface area contributed by atoms with Gasteiger partial charge in [0.15, 0.2) is 18.1 Å². The summed E-state index contributed by atoms with van der Waals surface area (Å²) < 4.78 is 16.5. The molecule has 162 valence electrons. The molecule has 0 aliphatic carbocycles. The molecule has 0 unspecified atom stereocenters. The van der Waals surface area contributed by atoms with Gasteiger partial charge in [0.25, 0.3) is 5.91 Å². The molecule has 0 spiro atoms. The van der Waals surface area contributed by atoms with Gasteiger partial charge in [0.1, 0.15) is 0 Å². The van der Waals surface area contributed by atoms with E-state index in [1.807, 2.05) is 39.0 Å². The third-order valence-electron chi connectivity index (χ3n) is 4.57. The smallest absolute Gasteiger partial charge is 0.338 e. The Balaban J connectivity index is 2.00. The van der Waals surface area contributed by atoms with Gasteiger partial charge in [0.05, 0.1) is 18.8 Å². The predicted octanol–water partition coefficient (Wildman–Crippen LogP) is 4.93. The number of hydrogen-bond donors (Lipinski definition) is 1. The van der Waals surface area contributed by atoms with Crippen LogP contribution in [0.2, 0.25) is 0 Å². The van der Waals surface area contributed by atoms with Crippen molar-refractivity contribution in [2.24, 2.45) is 0 Å². The Morgan fingerprint density at radius 3 is 2.50 bits per heavy atom. The highest BCUT2D eigenvalue weighted by Gasteiger charge is 2.15. The van der Waals surface area contributed by atoms with E-state index >= 15 is 0 Å². The average molecular weight is 414 g/mol. The summed E-state index contributed by atoms with van der Waals surface area (Å²) in [5.74, 6) is 0.106. The van der Waals surface area contributed by atoms with Crippen molar-refractivity contribution in [2.45, 2.75) is 47.0 Å². The summed E-state index contributed by atoms with van der Waals surface area (Å²) in [6.45, 7) is 8.57. The van der Waals surface area contributed by atoms with Crippen molar-refractivity contribution >= 4 is 17.6 Å². The Morgan fingerprint density at radius 1 is 1.00 bits per heavy atom. The monoisotopic (exact) mass is 413 g/mol. The number of aryl methyl sites for hydroxylation is 2. The molecule has 6 heteroatoms. The highest BCUT2D eigenvalue weighted by Crippen LogP contribution is 2.29. The number of nitrogens with one attached hydrogen (secondary N) is 1. The van der Waals surface area contributed by atoms with Crippen LogP contribution >= 0.6 is 0 Å². The van der Waals surface area contributed by atoms with Crippen LogP contribution in [-0.2, 0) is 16.0 Å². The van der Waals surface area contributed by atoms with Crippen molar-refractivity contribution in [3.05, 3.63) is 53.1 Å². The minimum atomic E-state index is -0.591. The van der Waals surface area contributed by atoms with Gasteiger partial charge in [0.2, 0.25) is 0 Å². The molecule has 1 N–H and O–H groups in total. The second-order valence-corrected chi connectivity index (χ2v) is 6.88. The highest BCUT2D eigenvalue weighted by atomic mass is 16.5. The molecule has 0 heterocycles. The lowest BCUT2D eigenvalue weighted by molar-refractivity contribution is -0.119. The van der Waals surface area contributed by atoms with Crippen molar-refractivity contribution in [3.63, 3.8) is 0 Å². The molecule has 6 nitrogen and oxygen atoms in total. The van der Waals surface area contributed by atoms with E-state index in [4.69, 9.17) is 14.2 Å². The lowest BCUT2D eigenvalue weighted by Crippen LogP contribution is -2.22. The van der Waals surface area contributed by atoms with Crippen LogP contribution < -0.4 is 14.8 Å². The first-order chi connectivity index (χ1) is 14.5. The Hall–Kier alpha value is -3.02. The molecule has 0 radical (unpaired) electrons. The van der Waals surface area contributed by atoms with Gasteiger partial charge in [-0.1, -0.05) is 38.5 Å². The van der Waals surface area contributed by atoms with Crippen molar-refractivity contribution in [2.75, 3.05) is 25.1 Å². The summed E-state index contributed by atoms with van der Waals surface area (Å²) in [4.78, 5) is 24.7. The SMILES string of the molecule is CCCCOc1ccc(C(=O)OCC(=O)Nc2c(C)cccc2CC)cc1OCC. The van der Waals surface area contributed by atoms with E-state index in [1.165, 1.54) is 0 Å². The molecule has 30 heavy (non-hydrogen) atoms. The first kappa shape index (κ1) is 23.3. The van der Waals surface area contributed by atoms with Gasteiger partial charge in [-0.15, -0.1) is 0 Å². The predicted molar refractivity (Wildman–Crippen MR) is 117 cm³/mol. The van der Waals surface area contributed by atoms with E-state index in [9.17, 15) is 9.59 Å². The topological polar surface area (TPSA) is 73.9 Å². The van der Waals surface area contributed by atoms with Gasteiger partial charge < -0.3 is 19.5 Å². The molecule has 2 rings (SSSR count). The normalized spacial score (nSPS) is 10.4. The molecular weight excluding hydrogens is 382 g/mol. The standard InChI is InChI=1S/C24H31NO5/c1-5-8-14-29-20-13-12-19(15-21(20)28-7-3)24(27)30-16-22(26)25-23-17(4)10-9-11-18(23)6-2/h9-13,15H,5-8,14,16H2,1-4H3,(H,25,26). The summed E-state index contributed by atoms with van der Waals surface area (Å²) in [6.07, 6.45) is 2.76. The van der Waals surface area contributed by atoms with Crippen LogP contribution in [0.5, 0.6) is 11.5 Å². The zero-order chi connectivity index (χ0) is 21.9. The number of benzene rings is 2. The maximum atomic E-state index is 12.4. The van der Waals surface area contributed by atoms with E-state index in [1.54, 1.807) is 18.2 Å². The number of rotatable bonds is 11. The molecule has 0 aliphatic heterocycles. The number of ether oxygens (including phenoxy) is 3. The number of hydrogen-bond acceptors (Lipinski definition) is 5. The fourth-order valence-electron chi connectivity index (χ4n) is 2.94. The van der Waals surface area contributed by atoms with Gasteiger partial charge in [-0.3, -0.25) is 4.79 Å². The molecule has 0 saturated carbocycles. The third-order valence-corrected chi connectivity index (χ3v) is 4.57. The second kappa shape index (κ2) is 11.9. The molecule has 2 aromatic rings. The fourth-order valence-corrected chi connectivity index (χ4v) is 2.94. The quantitative estimate of drug-likeness (QED) is 0.418. The fraction of sp³-hybridized carbons (Fsp3) is 0.417. The first-order valence-electron chi connectivity index (χ1n) is 10.4. The van der Waals surface area contributed by atoms with Gasteiger partial charge in [-0.05, 0) is 56.0 Å². The minimum Gasteiger partial charge on any atom is -0.490 e. The van der Waals surface area contributed by atoms with Crippen LogP contribution in [0.15, 0.2) is 36.4 Å². The second-order valence-electron chi connectivity index (χ2n) is 6.88. The van der Waals surface area contributed by atoms with E-state index in [-0.39, 0.29) is 12.5 Å². The number of amides is 1. The maximum Gasteiger partial charge on any atom is 0.338 e. The Bertz CT molecular complexity index is 863. The molecule has 0 atom stereocenters. The zero-order valence-electron chi connectivity index (χ0n) is 18.2. The van der Waals surface area contributed by atoms with Crippen LogP contribution in [0.25, 0.3) is 0 Å². The van der Waals surface area contributed by atoms with Crippen molar-refractivity contribution < 1.29 is 23.8 Å². The molecule has 2 aromatic carbocycles. The number of carbonyl (C=O) groups is 2.